The van der Waals surface area contributed by atoms with Crippen molar-refractivity contribution in [1.29, 1.82) is 0 Å². The molecule has 0 saturated carbocycles. The first-order chi connectivity index (χ1) is 10.3. The molecule has 0 spiro atoms. The van der Waals surface area contributed by atoms with Crippen LogP contribution in [0.5, 0.6) is 0 Å². The number of benzene rings is 2. The van der Waals surface area contributed by atoms with Gasteiger partial charge in [-0.3, -0.25) is 0 Å². The highest BCUT2D eigenvalue weighted by atomic mass is 14.9. The Morgan fingerprint density at radius 3 is 2.52 bits per heavy atom. The molecule has 0 bridgehead atoms. The minimum Gasteiger partial charge on any atom is -0.310 e. The van der Waals surface area contributed by atoms with Gasteiger partial charge in [0.25, 0.3) is 0 Å². The van der Waals surface area contributed by atoms with Crippen LogP contribution >= 0.6 is 0 Å². The molecule has 2 N–H and O–H groups in total. The summed E-state index contributed by atoms with van der Waals surface area (Å²) in [5.41, 5.74) is 6.32. The molecular weight excluding hydrogens is 254 g/mol. The molecule has 1 nitrogen and oxygen atoms in total. The molecule has 21 heavy (non-hydrogen) atoms. The van der Waals surface area contributed by atoms with Gasteiger partial charge >= 0.3 is 0 Å². The van der Waals surface area contributed by atoms with E-state index >= 15 is 0 Å². The van der Waals surface area contributed by atoms with Crippen molar-refractivity contribution >= 4 is 6.08 Å². The van der Waals surface area contributed by atoms with Gasteiger partial charge in [0.1, 0.15) is 6.04 Å². The number of quaternary nitrogens is 1. The summed E-state index contributed by atoms with van der Waals surface area (Å²) < 4.78 is 0. The van der Waals surface area contributed by atoms with Gasteiger partial charge in [-0.15, -0.1) is 0 Å². The van der Waals surface area contributed by atoms with Crippen LogP contribution in [0.4, 0.5) is 0 Å². The van der Waals surface area contributed by atoms with Gasteiger partial charge in [-0.05, 0) is 35.8 Å². The molecular formula is C20H20N+. The van der Waals surface area contributed by atoms with Gasteiger partial charge in [-0.1, -0.05) is 61.2 Å². The quantitative estimate of drug-likeness (QED) is 0.868. The van der Waals surface area contributed by atoms with E-state index in [2.05, 4.69) is 79.6 Å². The summed E-state index contributed by atoms with van der Waals surface area (Å²) in [5.74, 6) is 0. The smallest absolute Gasteiger partial charge is 0.135 e. The zero-order valence-electron chi connectivity index (χ0n) is 12.3. The summed E-state index contributed by atoms with van der Waals surface area (Å²) in [6.07, 6.45) is 8.57. The van der Waals surface area contributed by atoms with Crippen molar-refractivity contribution < 1.29 is 5.32 Å². The Hall–Kier alpha value is -2.38. The van der Waals surface area contributed by atoms with E-state index in [4.69, 9.17) is 0 Å². The number of nitrogens with two attached hydrogens (primary N) is 1. The van der Waals surface area contributed by atoms with Gasteiger partial charge in [0.15, 0.2) is 0 Å². The largest absolute Gasteiger partial charge is 0.310 e. The van der Waals surface area contributed by atoms with Crippen molar-refractivity contribution in [3.8, 4) is 11.1 Å². The zero-order valence-corrected chi connectivity index (χ0v) is 12.3. The second kappa shape index (κ2) is 5.94. The Balaban J connectivity index is 2.03. The van der Waals surface area contributed by atoms with Crippen molar-refractivity contribution in [1.82, 2.24) is 0 Å². The molecule has 2 aromatic rings. The van der Waals surface area contributed by atoms with Gasteiger partial charge in [0.05, 0.1) is 6.20 Å². The number of rotatable bonds is 3. The number of hydrogen-bond donors (Lipinski definition) is 1. The maximum atomic E-state index is 3.95. The fraction of sp³-hybridized carbons (Fsp3) is 0.100. The summed E-state index contributed by atoms with van der Waals surface area (Å²) in [4.78, 5) is 0. The predicted octanol–water partition coefficient (Wildman–Crippen LogP) is 4.07. The maximum Gasteiger partial charge on any atom is 0.135 e. The third-order valence-electron chi connectivity index (χ3n) is 3.91. The Kier molecular flexibility index (Phi) is 3.85. The van der Waals surface area contributed by atoms with Crippen molar-refractivity contribution in [2.75, 3.05) is 0 Å². The lowest BCUT2D eigenvalue weighted by Crippen LogP contribution is -2.79. The second-order valence-corrected chi connectivity index (χ2v) is 5.40. The van der Waals surface area contributed by atoms with E-state index in [1.54, 1.807) is 0 Å². The zero-order chi connectivity index (χ0) is 14.7. The topological polar surface area (TPSA) is 16.6 Å². The van der Waals surface area contributed by atoms with E-state index in [1.165, 1.54) is 27.8 Å². The minimum absolute atomic E-state index is 0.324. The normalized spacial score (nSPS) is 17.4. The molecule has 1 heteroatoms. The summed E-state index contributed by atoms with van der Waals surface area (Å²) in [6, 6.07) is 17.4. The molecule has 104 valence electrons. The standard InChI is InChI=1S/C20H19N/c1-3-16-10-11-18(17-7-5-4-6-8-17)13-19(16)20-12-9-15(2)14-21-20/h3-14,20-21H,1H2,2H3/p+1. The van der Waals surface area contributed by atoms with Crippen molar-refractivity contribution in [2.45, 2.75) is 13.0 Å². The first-order valence-corrected chi connectivity index (χ1v) is 7.29. The fourth-order valence-corrected chi connectivity index (χ4v) is 2.70. The molecule has 1 unspecified atom stereocenters. The van der Waals surface area contributed by atoms with Crippen LogP contribution in [0.15, 0.2) is 79.0 Å². The molecule has 2 aromatic carbocycles. The van der Waals surface area contributed by atoms with Crippen LogP contribution < -0.4 is 5.32 Å². The van der Waals surface area contributed by atoms with Gasteiger partial charge in [-0.2, -0.15) is 0 Å². The third-order valence-corrected chi connectivity index (χ3v) is 3.91. The first kappa shape index (κ1) is 13.6. The van der Waals surface area contributed by atoms with Gasteiger partial charge in [0, 0.05) is 11.1 Å². The lowest BCUT2D eigenvalue weighted by Gasteiger charge is -2.17. The van der Waals surface area contributed by atoms with Crippen molar-refractivity contribution in [2.24, 2.45) is 0 Å². The Morgan fingerprint density at radius 1 is 1.05 bits per heavy atom. The van der Waals surface area contributed by atoms with E-state index in [-0.39, 0.29) is 0 Å². The Labute approximate surface area is 126 Å². The average molecular weight is 274 g/mol. The van der Waals surface area contributed by atoms with Crippen LogP contribution in [0, 0.1) is 0 Å². The molecule has 0 aliphatic carbocycles. The highest BCUT2D eigenvalue weighted by Gasteiger charge is 2.17. The third kappa shape index (κ3) is 2.88. The van der Waals surface area contributed by atoms with Crippen LogP contribution in [-0.4, -0.2) is 0 Å². The number of allylic oxidation sites excluding steroid dienone is 2. The highest BCUT2D eigenvalue weighted by Crippen LogP contribution is 2.27. The lowest BCUT2D eigenvalue weighted by molar-refractivity contribution is -0.623. The second-order valence-electron chi connectivity index (χ2n) is 5.40. The summed E-state index contributed by atoms with van der Waals surface area (Å²) in [6.45, 7) is 6.07. The fourth-order valence-electron chi connectivity index (χ4n) is 2.70. The molecule has 1 heterocycles. The van der Waals surface area contributed by atoms with Gasteiger partial charge in [0.2, 0.25) is 0 Å². The summed E-state index contributed by atoms with van der Waals surface area (Å²) in [5, 5.41) is 2.26. The van der Waals surface area contributed by atoms with Gasteiger partial charge < -0.3 is 5.32 Å². The van der Waals surface area contributed by atoms with Gasteiger partial charge in [-0.25, -0.2) is 0 Å². The monoisotopic (exact) mass is 274 g/mol. The SMILES string of the molecule is C=Cc1ccc(-c2ccccc2)cc1C1C=CC(C)=C[NH2+]1. The van der Waals surface area contributed by atoms with Crippen LogP contribution in [-0.2, 0) is 0 Å². The molecule has 3 rings (SSSR count). The van der Waals surface area contributed by atoms with Crippen molar-refractivity contribution in [3.05, 3.63) is 90.2 Å². The van der Waals surface area contributed by atoms with E-state index in [0.717, 1.165) is 0 Å². The molecule has 1 aliphatic rings. The molecule has 1 aliphatic heterocycles. The van der Waals surface area contributed by atoms with Crippen LogP contribution in [0.2, 0.25) is 0 Å². The first-order valence-electron chi connectivity index (χ1n) is 7.29. The van der Waals surface area contributed by atoms with E-state index < -0.39 is 0 Å². The average Bonchev–Trinajstić information content (AvgIpc) is 2.56. The molecule has 0 aromatic heterocycles. The van der Waals surface area contributed by atoms with E-state index in [1.807, 2.05) is 12.1 Å². The molecule has 0 fully saturated rings. The Bertz CT molecular complexity index is 708. The Morgan fingerprint density at radius 2 is 1.86 bits per heavy atom. The molecule has 0 saturated heterocycles. The minimum atomic E-state index is 0.324. The highest BCUT2D eigenvalue weighted by molar-refractivity contribution is 5.68. The summed E-state index contributed by atoms with van der Waals surface area (Å²) >= 11 is 0. The van der Waals surface area contributed by atoms with Crippen LogP contribution in [0.1, 0.15) is 24.1 Å². The van der Waals surface area contributed by atoms with E-state index in [9.17, 15) is 0 Å². The van der Waals surface area contributed by atoms with E-state index in [0.29, 0.717) is 6.04 Å². The molecule has 0 radical (unpaired) electrons. The number of hydrogen-bond acceptors (Lipinski definition) is 0. The maximum absolute atomic E-state index is 3.95. The lowest BCUT2D eigenvalue weighted by atomic mass is 9.93. The van der Waals surface area contributed by atoms with Crippen LogP contribution in [0.3, 0.4) is 0 Å². The van der Waals surface area contributed by atoms with Crippen molar-refractivity contribution in [3.63, 3.8) is 0 Å². The molecule has 0 amide bonds. The summed E-state index contributed by atoms with van der Waals surface area (Å²) in [7, 11) is 0. The molecule has 1 atom stereocenters. The predicted molar refractivity (Wildman–Crippen MR) is 89.5 cm³/mol. The van der Waals surface area contributed by atoms with Crippen LogP contribution in [0.25, 0.3) is 17.2 Å².